The summed E-state index contributed by atoms with van der Waals surface area (Å²) in [6, 6.07) is 1.81. The second-order valence-corrected chi connectivity index (χ2v) is 14.5. The zero-order valence-electron chi connectivity index (χ0n) is 29.9. The highest BCUT2D eigenvalue weighted by molar-refractivity contribution is 5.37. The van der Waals surface area contributed by atoms with Gasteiger partial charge in [0.05, 0.1) is 5.56 Å². The van der Waals surface area contributed by atoms with Crippen LogP contribution in [0, 0.1) is 46.8 Å². The van der Waals surface area contributed by atoms with Crippen LogP contribution in [0.2, 0.25) is 0 Å². The monoisotopic (exact) mass is 820 g/mol. The second-order valence-electron chi connectivity index (χ2n) is 14.5. The van der Waals surface area contributed by atoms with Crippen molar-refractivity contribution in [1.82, 2.24) is 0 Å². The van der Waals surface area contributed by atoms with Gasteiger partial charge in [-0.1, -0.05) is 51.5 Å². The molecule has 0 saturated heterocycles. The normalized spacial score (nSPS) is 21.3. The Hall–Kier alpha value is -3.76. The molecule has 0 amide bonds. The number of benzene rings is 3. The predicted molar refractivity (Wildman–Crippen MR) is 173 cm³/mol. The van der Waals surface area contributed by atoms with E-state index < -0.39 is 94.1 Å². The van der Waals surface area contributed by atoms with Crippen LogP contribution in [0.1, 0.15) is 112 Å². The van der Waals surface area contributed by atoms with E-state index in [2.05, 4.69) is 21.1 Å². The van der Waals surface area contributed by atoms with E-state index in [0.29, 0.717) is 17.4 Å². The molecule has 0 aliphatic heterocycles. The minimum absolute atomic E-state index is 0.0791. The molecule has 5 rings (SSSR count). The molecule has 17 heteroatoms. The predicted octanol–water partition coefficient (Wildman–Crippen LogP) is 13.9. The first-order chi connectivity index (χ1) is 26.1. The molecule has 3 aromatic carbocycles. The molecule has 2 fully saturated rings. The summed E-state index contributed by atoms with van der Waals surface area (Å²) >= 11 is 0. The Kier molecular flexibility index (Phi) is 13.2. The standard InChI is InChI=1S/C39H38F14O3/c1-2-3-4-5-21-6-8-22(9-7-21)23-10-12-24(13-11-23)25-14-15-28(29(40)16-25)36(45,46)54-26-17-30(41)34(31(42)18-26)37(47,48)55-27-19-32(43)35(33(44)20-27)38(49,50)56-39(51,52)53/h14-24H,2-13H2,1H3. The first kappa shape index (κ1) is 43.4. The molecular weight excluding hydrogens is 782 g/mol. The van der Waals surface area contributed by atoms with Crippen molar-refractivity contribution in [2.45, 2.75) is 115 Å². The molecule has 56 heavy (non-hydrogen) atoms. The van der Waals surface area contributed by atoms with Crippen LogP contribution in [-0.2, 0) is 23.1 Å². The minimum atomic E-state index is -6.09. The van der Waals surface area contributed by atoms with Gasteiger partial charge in [-0.2, -0.15) is 26.3 Å². The average Bonchev–Trinajstić information content (AvgIpc) is 3.06. The van der Waals surface area contributed by atoms with Gasteiger partial charge < -0.3 is 9.47 Å². The summed E-state index contributed by atoms with van der Waals surface area (Å²) in [5, 5.41) is 0. The Morgan fingerprint density at radius 2 is 1.00 bits per heavy atom. The fourth-order valence-corrected chi connectivity index (χ4v) is 7.95. The summed E-state index contributed by atoms with van der Waals surface area (Å²) in [6.07, 6.45) is -8.43. The maximum Gasteiger partial charge on any atom is 0.527 e. The summed E-state index contributed by atoms with van der Waals surface area (Å²) in [6.45, 7) is 2.19. The molecule has 0 spiro atoms. The van der Waals surface area contributed by atoms with E-state index in [1.807, 2.05) is 0 Å². The zero-order chi connectivity index (χ0) is 41.2. The molecule has 310 valence electrons. The lowest BCUT2D eigenvalue weighted by molar-refractivity contribution is -0.432. The molecule has 0 heterocycles. The number of ether oxygens (including phenoxy) is 3. The Balaban J connectivity index is 1.22. The van der Waals surface area contributed by atoms with Crippen molar-refractivity contribution in [2.75, 3.05) is 0 Å². The second kappa shape index (κ2) is 17.0. The van der Waals surface area contributed by atoms with Crippen molar-refractivity contribution in [3.63, 3.8) is 0 Å². The van der Waals surface area contributed by atoms with Crippen LogP contribution in [0.25, 0.3) is 0 Å². The highest BCUT2D eigenvalue weighted by atomic mass is 19.4. The first-order valence-corrected chi connectivity index (χ1v) is 18.2. The van der Waals surface area contributed by atoms with E-state index in [0.717, 1.165) is 43.7 Å². The molecule has 0 aromatic heterocycles. The van der Waals surface area contributed by atoms with Crippen LogP contribution < -0.4 is 9.47 Å². The van der Waals surface area contributed by atoms with Crippen molar-refractivity contribution in [3.05, 3.63) is 93.8 Å². The number of alkyl halides is 9. The van der Waals surface area contributed by atoms with Gasteiger partial charge in [0.15, 0.2) is 0 Å². The molecule has 3 nitrogen and oxygen atoms in total. The molecule has 0 N–H and O–H groups in total. The van der Waals surface area contributed by atoms with Crippen molar-refractivity contribution in [1.29, 1.82) is 0 Å². The SMILES string of the molecule is CCCCCC1CCC(C2CCC(c3ccc(C(F)(F)Oc4cc(F)c(C(F)(F)Oc5cc(F)c(C(F)(F)OC(F)(F)F)c(F)c5)c(F)c4)c(F)c3)CC2)CC1. The summed E-state index contributed by atoms with van der Waals surface area (Å²) in [4.78, 5) is 0. The molecule has 0 unspecified atom stereocenters. The van der Waals surface area contributed by atoms with Gasteiger partial charge in [0.1, 0.15) is 51.7 Å². The Bertz CT molecular complexity index is 1770. The van der Waals surface area contributed by atoms with Crippen LogP contribution >= 0.6 is 0 Å². The van der Waals surface area contributed by atoms with E-state index in [9.17, 15) is 48.3 Å². The van der Waals surface area contributed by atoms with Gasteiger partial charge in [0.2, 0.25) is 0 Å². The molecular formula is C39H38F14O3. The fraction of sp³-hybridized carbons (Fsp3) is 0.538. The average molecular weight is 821 g/mol. The van der Waals surface area contributed by atoms with Crippen molar-refractivity contribution in [2.24, 2.45) is 17.8 Å². The van der Waals surface area contributed by atoms with Gasteiger partial charge in [-0.15, -0.1) is 13.2 Å². The third-order valence-corrected chi connectivity index (χ3v) is 10.7. The molecule has 2 aliphatic rings. The molecule has 0 atom stereocenters. The smallest absolute Gasteiger partial charge is 0.429 e. The molecule has 0 radical (unpaired) electrons. The maximum atomic E-state index is 15.1. The summed E-state index contributed by atoms with van der Waals surface area (Å²) < 4.78 is 208. The highest BCUT2D eigenvalue weighted by Crippen LogP contribution is 2.46. The fourth-order valence-electron chi connectivity index (χ4n) is 7.95. The van der Waals surface area contributed by atoms with Gasteiger partial charge >= 0.3 is 24.7 Å². The molecule has 2 aliphatic carbocycles. The van der Waals surface area contributed by atoms with Gasteiger partial charge in [0, 0.05) is 24.3 Å². The number of hydrogen-bond donors (Lipinski definition) is 0. The van der Waals surface area contributed by atoms with Gasteiger partial charge in [-0.05, 0) is 79.9 Å². The Morgan fingerprint density at radius 1 is 0.536 bits per heavy atom. The van der Waals surface area contributed by atoms with E-state index in [-0.39, 0.29) is 18.1 Å². The van der Waals surface area contributed by atoms with Crippen molar-refractivity contribution >= 4 is 0 Å². The lowest BCUT2D eigenvalue weighted by atomic mass is 9.68. The summed E-state index contributed by atoms with van der Waals surface area (Å²) in [7, 11) is 0. The van der Waals surface area contributed by atoms with Crippen LogP contribution in [0.3, 0.4) is 0 Å². The van der Waals surface area contributed by atoms with E-state index in [1.54, 1.807) is 0 Å². The number of unbranched alkanes of at least 4 members (excludes halogenated alkanes) is 2. The van der Waals surface area contributed by atoms with Gasteiger partial charge in [-0.3, -0.25) is 0 Å². The van der Waals surface area contributed by atoms with Crippen molar-refractivity contribution in [3.8, 4) is 11.5 Å². The zero-order valence-corrected chi connectivity index (χ0v) is 29.9. The summed E-state index contributed by atoms with van der Waals surface area (Å²) in [5.74, 6) is -12.4. The van der Waals surface area contributed by atoms with Crippen LogP contribution in [0.4, 0.5) is 61.5 Å². The number of rotatable bonds is 14. The minimum Gasteiger partial charge on any atom is -0.429 e. The lowest BCUT2D eigenvalue weighted by Crippen LogP contribution is -2.30. The van der Waals surface area contributed by atoms with Crippen LogP contribution in [-0.4, -0.2) is 6.36 Å². The van der Waals surface area contributed by atoms with Crippen LogP contribution in [0.5, 0.6) is 11.5 Å². The topological polar surface area (TPSA) is 27.7 Å². The van der Waals surface area contributed by atoms with Gasteiger partial charge in [0.25, 0.3) is 0 Å². The Morgan fingerprint density at radius 3 is 1.46 bits per heavy atom. The van der Waals surface area contributed by atoms with E-state index in [1.165, 1.54) is 57.4 Å². The Labute approximate surface area is 313 Å². The highest BCUT2D eigenvalue weighted by Gasteiger charge is 2.50. The quantitative estimate of drug-likeness (QED) is 0.120. The maximum absolute atomic E-state index is 15.1. The molecule has 2 saturated carbocycles. The third kappa shape index (κ3) is 10.4. The third-order valence-electron chi connectivity index (χ3n) is 10.7. The number of hydrogen-bond acceptors (Lipinski definition) is 3. The molecule has 0 bridgehead atoms. The lowest BCUT2D eigenvalue weighted by Gasteiger charge is -2.38. The van der Waals surface area contributed by atoms with E-state index in [4.69, 9.17) is 0 Å². The largest absolute Gasteiger partial charge is 0.527 e. The van der Waals surface area contributed by atoms with Gasteiger partial charge in [-0.25, -0.2) is 26.7 Å². The molecule has 3 aromatic rings. The van der Waals surface area contributed by atoms with Crippen LogP contribution in [0.15, 0.2) is 42.5 Å². The van der Waals surface area contributed by atoms with Crippen molar-refractivity contribution < 1.29 is 75.7 Å². The van der Waals surface area contributed by atoms with E-state index >= 15 is 13.2 Å². The first-order valence-electron chi connectivity index (χ1n) is 18.2. The summed E-state index contributed by atoms with van der Waals surface area (Å²) in [5.41, 5.74) is -5.81. The number of halogens is 14.